The zero-order chi connectivity index (χ0) is 23.0. The van der Waals surface area contributed by atoms with Crippen LogP contribution in [0.4, 0.5) is 4.79 Å². The molecule has 1 atom stereocenters. The third kappa shape index (κ3) is 5.71. The Morgan fingerprint density at radius 1 is 0.848 bits per heavy atom. The summed E-state index contributed by atoms with van der Waals surface area (Å²) in [7, 11) is 0. The number of benzene rings is 3. The van der Waals surface area contributed by atoms with Gasteiger partial charge >= 0.3 is 12.0 Å². The van der Waals surface area contributed by atoms with E-state index in [1.807, 2.05) is 78.9 Å². The van der Waals surface area contributed by atoms with E-state index in [0.29, 0.717) is 34.1 Å². The van der Waals surface area contributed by atoms with Crippen LogP contribution in [0.3, 0.4) is 0 Å². The first-order valence-electron chi connectivity index (χ1n) is 10.6. The second-order valence-corrected chi connectivity index (χ2v) is 7.36. The quantitative estimate of drug-likeness (QED) is 0.388. The van der Waals surface area contributed by atoms with Crippen LogP contribution in [0.2, 0.25) is 0 Å². The van der Waals surface area contributed by atoms with Crippen molar-refractivity contribution < 1.29 is 23.8 Å². The molecule has 0 fully saturated rings. The first-order valence-corrected chi connectivity index (χ1v) is 10.6. The third-order valence-corrected chi connectivity index (χ3v) is 4.99. The highest BCUT2D eigenvalue weighted by molar-refractivity contribution is 5.95. The summed E-state index contributed by atoms with van der Waals surface area (Å²) in [6.45, 7) is 1.96. The average Bonchev–Trinajstić information content (AvgIpc) is 2.83. The molecule has 168 valence electrons. The van der Waals surface area contributed by atoms with E-state index in [9.17, 15) is 9.59 Å². The molecule has 0 radical (unpaired) electrons. The van der Waals surface area contributed by atoms with E-state index in [4.69, 9.17) is 14.2 Å². The molecule has 2 amide bonds. The lowest BCUT2D eigenvalue weighted by atomic mass is 9.95. The van der Waals surface area contributed by atoms with Gasteiger partial charge in [-0.25, -0.2) is 9.59 Å². The fourth-order valence-electron chi connectivity index (χ4n) is 3.48. The maximum absolute atomic E-state index is 12.9. The highest BCUT2D eigenvalue weighted by Crippen LogP contribution is 2.31. The van der Waals surface area contributed by atoms with Gasteiger partial charge in [0.1, 0.15) is 30.5 Å². The van der Waals surface area contributed by atoms with Crippen LogP contribution in [0.5, 0.6) is 17.2 Å². The lowest BCUT2D eigenvalue weighted by Gasteiger charge is -2.28. The summed E-state index contributed by atoms with van der Waals surface area (Å²) >= 11 is 0. The van der Waals surface area contributed by atoms with Crippen LogP contribution in [0.25, 0.3) is 0 Å². The predicted molar refractivity (Wildman–Crippen MR) is 123 cm³/mol. The number of carbonyl (C=O) groups excluding carboxylic acids is 2. The fourth-order valence-corrected chi connectivity index (χ4v) is 3.48. The molecule has 0 aliphatic carbocycles. The van der Waals surface area contributed by atoms with Crippen molar-refractivity contribution in [3.8, 4) is 17.2 Å². The van der Waals surface area contributed by atoms with Crippen molar-refractivity contribution in [2.75, 3.05) is 13.2 Å². The molecular weight excluding hydrogens is 420 g/mol. The molecular formula is C26H24N2O5. The SMILES string of the molecule is CC1=C(C(=O)OCCOc2ccccc2)C(c2cccc(Oc3ccccc3)c2)NC(=O)N1. The smallest absolute Gasteiger partial charge is 0.338 e. The molecule has 33 heavy (non-hydrogen) atoms. The van der Waals surface area contributed by atoms with Crippen LogP contribution in [0, 0.1) is 0 Å². The number of rotatable bonds is 8. The summed E-state index contributed by atoms with van der Waals surface area (Å²) in [6.07, 6.45) is 0. The van der Waals surface area contributed by atoms with Gasteiger partial charge in [-0.1, -0.05) is 48.5 Å². The van der Waals surface area contributed by atoms with Gasteiger partial charge in [-0.15, -0.1) is 0 Å². The van der Waals surface area contributed by atoms with Crippen molar-refractivity contribution >= 4 is 12.0 Å². The second kappa shape index (κ2) is 10.4. The third-order valence-electron chi connectivity index (χ3n) is 4.99. The molecule has 2 N–H and O–H groups in total. The Kier molecular flexibility index (Phi) is 6.90. The van der Waals surface area contributed by atoms with E-state index >= 15 is 0 Å². The molecule has 7 heteroatoms. The van der Waals surface area contributed by atoms with Gasteiger partial charge in [0.15, 0.2) is 0 Å². The summed E-state index contributed by atoms with van der Waals surface area (Å²) in [5.74, 6) is 1.45. The van der Waals surface area contributed by atoms with E-state index in [2.05, 4.69) is 10.6 Å². The normalized spacial score (nSPS) is 15.3. The van der Waals surface area contributed by atoms with E-state index in [1.54, 1.807) is 13.0 Å². The molecule has 0 saturated carbocycles. The Balaban J connectivity index is 1.47. The molecule has 3 aromatic carbocycles. The van der Waals surface area contributed by atoms with Gasteiger partial charge in [-0.05, 0) is 48.9 Å². The number of para-hydroxylation sites is 2. The molecule has 0 bridgehead atoms. The Morgan fingerprint density at radius 3 is 2.24 bits per heavy atom. The summed E-state index contributed by atoms with van der Waals surface area (Å²) in [5, 5.41) is 5.45. The van der Waals surface area contributed by atoms with E-state index in [-0.39, 0.29) is 13.2 Å². The Bertz CT molecular complexity index is 1150. The van der Waals surface area contributed by atoms with Gasteiger partial charge in [0.2, 0.25) is 0 Å². The minimum Gasteiger partial charge on any atom is -0.490 e. The molecule has 1 aliphatic heterocycles. The number of esters is 1. The Hall–Kier alpha value is -4.26. The zero-order valence-corrected chi connectivity index (χ0v) is 18.1. The topological polar surface area (TPSA) is 85.9 Å². The molecule has 1 unspecified atom stereocenters. The molecule has 0 aromatic heterocycles. The lowest BCUT2D eigenvalue weighted by molar-refractivity contribution is -0.140. The standard InChI is InChI=1S/C26H24N2O5/c1-18-23(25(29)32-16-15-31-20-10-4-2-5-11-20)24(28-26(30)27-18)19-9-8-14-22(17-19)33-21-12-6-3-7-13-21/h2-14,17,24H,15-16H2,1H3,(H2,27,28,30). The van der Waals surface area contributed by atoms with Crippen molar-refractivity contribution in [3.05, 3.63) is 102 Å². The number of nitrogens with one attached hydrogen (secondary N) is 2. The van der Waals surface area contributed by atoms with E-state index < -0.39 is 18.0 Å². The highest BCUT2D eigenvalue weighted by Gasteiger charge is 2.32. The van der Waals surface area contributed by atoms with Gasteiger partial charge in [-0.3, -0.25) is 0 Å². The Labute approximate surface area is 192 Å². The van der Waals surface area contributed by atoms with Crippen LogP contribution in [-0.2, 0) is 9.53 Å². The fraction of sp³-hybridized carbons (Fsp3) is 0.154. The van der Waals surface area contributed by atoms with Crippen molar-refractivity contribution in [2.24, 2.45) is 0 Å². The number of urea groups is 1. The van der Waals surface area contributed by atoms with Gasteiger partial charge in [0.05, 0.1) is 11.6 Å². The minimum absolute atomic E-state index is 0.0718. The predicted octanol–water partition coefficient (Wildman–Crippen LogP) is 4.73. The second-order valence-electron chi connectivity index (χ2n) is 7.36. The average molecular weight is 444 g/mol. The summed E-state index contributed by atoms with van der Waals surface area (Å²) in [4.78, 5) is 25.1. The van der Waals surface area contributed by atoms with Crippen molar-refractivity contribution in [2.45, 2.75) is 13.0 Å². The number of allylic oxidation sites excluding steroid dienone is 1. The van der Waals surface area contributed by atoms with Crippen LogP contribution in [-0.4, -0.2) is 25.2 Å². The van der Waals surface area contributed by atoms with Crippen LogP contribution >= 0.6 is 0 Å². The largest absolute Gasteiger partial charge is 0.490 e. The number of hydrogen-bond donors (Lipinski definition) is 2. The molecule has 1 aliphatic rings. The lowest BCUT2D eigenvalue weighted by Crippen LogP contribution is -2.45. The molecule has 3 aromatic rings. The van der Waals surface area contributed by atoms with Gasteiger partial charge in [0, 0.05) is 5.70 Å². The number of hydrogen-bond acceptors (Lipinski definition) is 5. The highest BCUT2D eigenvalue weighted by atomic mass is 16.6. The first kappa shape index (κ1) is 22.0. The van der Waals surface area contributed by atoms with Gasteiger partial charge in [-0.2, -0.15) is 0 Å². The van der Waals surface area contributed by atoms with Gasteiger partial charge in [0.25, 0.3) is 0 Å². The summed E-state index contributed by atoms with van der Waals surface area (Å²) in [5.41, 5.74) is 1.46. The maximum atomic E-state index is 12.9. The van der Waals surface area contributed by atoms with Gasteiger partial charge < -0.3 is 24.8 Å². The van der Waals surface area contributed by atoms with Crippen LogP contribution in [0.15, 0.2) is 96.2 Å². The monoisotopic (exact) mass is 444 g/mol. The number of carbonyl (C=O) groups is 2. The minimum atomic E-state index is -0.680. The summed E-state index contributed by atoms with van der Waals surface area (Å²) < 4.78 is 16.9. The number of ether oxygens (including phenoxy) is 3. The van der Waals surface area contributed by atoms with Crippen molar-refractivity contribution in [1.29, 1.82) is 0 Å². The van der Waals surface area contributed by atoms with E-state index in [1.165, 1.54) is 0 Å². The molecule has 4 rings (SSSR count). The molecule has 1 heterocycles. The van der Waals surface area contributed by atoms with E-state index in [0.717, 1.165) is 0 Å². The molecule has 7 nitrogen and oxygen atoms in total. The number of amides is 2. The zero-order valence-electron chi connectivity index (χ0n) is 18.1. The summed E-state index contributed by atoms with van der Waals surface area (Å²) in [6, 6.07) is 24.8. The maximum Gasteiger partial charge on any atom is 0.338 e. The van der Waals surface area contributed by atoms with Crippen LogP contribution in [0.1, 0.15) is 18.5 Å². The first-order chi connectivity index (χ1) is 16.1. The van der Waals surface area contributed by atoms with Crippen LogP contribution < -0.4 is 20.1 Å². The Morgan fingerprint density at radius 2 is 1.52 bits per heavy atom. The van der Waals surface area contributed by atoms with Crippen molar-refractivity contribution in [1.82, 2.24) is 10.6 Å². The molecule has 0 saturated heterocycles. The van der Waals surface area contributed by atoms with Crippen molar-refractivity contribution in [3.63, 3.8) is 0 Å². The molecule has 0 spiro atoms.